The number of pyridine rings is 1. The van der Waals surface area contributed by atoms with Crippen molar-refractivity contribution in [1.29, 1.82) is 0 Å². The van der Waals surface area contributed by atoms with Crippen LogP contribution in [0, 0.1) is 0 Å². The van der Waals surface area contributed by atoms with Gasteiger partial charge in [0, 0.05) is 24.0 Å². The lowest BCUT2D eigenvalue weighted by Crippen LogP contribution is -2.34. The van der Waals surface area contributed by atoms with E-state index in [1.165, 1.54) is 6.08 Å². The Morgan fingerprint density at radius 3 is 2.88 bits per heavy atom. The lowest BCUT2D eigenvalue weighted by atomic mass is 9.98. The summed E-state index contributed by atoms with van der Waals surface area (Å²) < 4.78 is 0. The number of carbonyl (C=O) groups is 2. The predicted molar refractivity (Wildman–Crippen MR) is 97.4 cm³/mol. The standard InChI is InChI=1S/C20H21N3O2/c1-3-19(24)23-12-6-7-15-13-16(9-10-18(15)23)20(25)22-14(2)17-8-4-5-11-21-17/h3-5,8-11,13-14H,1,6-7,12H2,2H3,(H,22,25). The number of nitrogens with zero attached hydrogens (tertiary/aromatic N) is 2. The molecule has 0 fully saturated rings. The number of hydrogen-bond acceptors (Lipinski definition) is 3. The van der Waals surface area contributed by atoms with Crippen molar-refractivity contribution < 1.29 is 9.59 Å². The molecule has 2 heterocycles. The van der Waals surface area contributed by atoms with Crippen molar-refractivity contribution in [2.45, 2.75) is 25.8 Å². The highest BCUT2D eigenvalue weighted by Crippen LogP contribution is 2.28. The fraction of sp³-hybridized carbons (Fsp3) is 0.250. The van der Waals surface area contributed by atoms with E-state index in [1.54, 1.807) is 17.2 Å². The van der Waals surface area contributed by atoms with Crippen LogP contribution < -0.4 is 10.2 Å². The van der Waals surface area contributed by atoms with E-state index in [0.717, 1.165) is 29.8 Å². The van der Waals surface area contributed by atoms with Crippen molar-refractivity contribution in [1.82, 2.24) is 10.3 Å². The number of anilines is 1. The molecule has 1 aromatic heterocycles. The third kappa shape index (κ3) is 3.60. The Morgan fingerprint density at radius 1 is 1.32 bits per heavy atom. The molecule has 1 atom stereocenters. The van der Waals surface area contributed by atoms with Crippen molar-refractivity contribution >= 4 is 17.5 Å². The number of amides is 2. The molecule has 1 aliphatic rings. The van der Waals surface area contributed by atoms with Gasteiger partial charge >= 0.3 is 0 Å². The average molecular weight is 335 g/mol. The molecule has 2 amide bonds. The summed E-state index contributed by atoms with van der Waals surface area (Å²) in [5.74, 6) is -0.255. The molecule has 0 radical (unpaired) electrons. The van der Waals surface area contributed by atoms with E-state index in [4.69, 9.17) is 0 Å². The van der Waals surface area contributed by atoms with Crippen LogP contribution in [0.2, 0.25) is 0 Å². The zero-order chi connectivity index (χ0) is 17.8. The zero-order valence-electron chi connectivity index (χ0n) is 14.2. The molecule has 0 spiro atoms. The third-order valence-electron chi connectivity index (χ3n) is 4.38. The van der Waals surface area contributed by atoms with Gasteiger partial charge in [-0.15, -0.1) is 0 Å². The Kier molecular flexibility index (Phi) is 4.93. The summed E-state index contributed by atoms with van der Waals surface area (Å²) in [6.45, 7) is 6.14. The Balaban J connectivity index is 1.78. The number of aromatic nitrogens is 1. The number of benzene rings is 1. The van der Waals surface area contributed by atoms with Gasteiger partial charge in [0.15, 0.2) is 0 Å². The summed E-state index contributed by atoms with van der Waals surface area (Å²) in [5, 5.41) is 2.97. The van der Waals surface area contributed by atoms with Crippen LogP contribution in [-0.2, 0) is 11.2 Å². The van der Waals surface area contributed by atoms with E-state index >= 15 is 0 Å². The molecule has 0 saturated heterocycles. The van der Waals surface area contributed by atoms with Gasteiger partial charge in [-0.3, -0.25) is 14.6 Å². The third-order valence-corrected chi connectivity index (χ3v) is 4.38. The quantitative estimate of drug-likeness (QED) is 0.874. The Labute approximate surface area is 147 Å². The van der Waals surface area contributed by atoms with Gasteiger partial charge in [0.25, 0.3) is 5.91 Å². The highest BCUT2D eigenvalue weighted by Gasteiger charge is 2.22. The van der Waals surface area contributed by atoms with E-state index < -0.39 is 0 Å². The Morgan fingerprint density at radius 2 is 2.16 bits per heavy atom. The van der Waals surface area contributed by atoms with Gasteiger partial charge in [-0.1, -0.05) is 12.6 Å². The molecule has 1 aliphatic heterocycles. The summed E-state index contributed by atoms with van der Waals surface area (Å²) >= 11 is 0. The highest BCUT2D eigenvalue weighted by molar-refractivity contribution is 6.02. The fourth-order valence-electron chi connectivity index (χ4n) is 3.06. The first kappa shape index (κ1) is 16.9. The molecular weight excluding hydrogens is 314 g/mol. The van der Waals surface area contributed by atoms with Crippen molar-refractivity contribution in [2.75, 3.05) is 11.4 Å². The second kappa shape index (κ2) is 7.30. The summed E-state index contributed by atoms with van der Waals surface area (Å²) in [4.78, 5) is 30.5. The molecule has 1 aromatic carbocycles. The van der Waals surface area contributed by atoms with Crippen LogP contribution in [0.1, 0.15) is 41.0 Å². The maximum absolute atomic E-state index is 12.6. The minimum Gasteiger partial charge on any atom is -0.344 e. The van der Waals surface area contributed by atoms with Gasteiger partial charge in [0.2, 0.25) is 5.91 Å². The first-order chi connectivity index (χ1) is 12.1. The second-order valence-electron chi connectivity index (χ2n) is 6.09. The molecule has 1 N–H and O–H groups in total. The second-order valence-corrected chi connectivity index (χ2v) is 6.09. The maximum atomic E-state index is 12.6. The van der Waals surface area contributed by atoms with Gasteiger partial charge < -0.3 is 10.2 Å². The van der Waals surface area contributed by atoms with Crippen LogP contribution in [-0.4, -0.2) is 23.3 Å². The minimum atomic E-state index is -0.177. The van der Waals surface area contributed by atoms with E-state index in [1.807, 2.05) is 37.3 Å². The largest absolute Gasteiger partial charge is 0.344 e. The molecule has 0 aliphatic carbocycles. The van der Waals surface area contributed by atoms with Crippen molar-refractivity contribution in [3.05, 3.63) is 72.1 Å². The Hall–Kier alpha value is -2.95. The topological polar surface area (TPSA) is 62.3 Å². The number of rotatable bonds is 4. The fourth-order valence-corrected chi connectivity index (χ4v) is 3.06. The van der Waals surface area contributed by atoms with Crippen LogP contribution in [0.4, 0.5) is 5.69 Å². The van der Waals surface area contributed by atoms with Gasteiger partial charge in [-0.05, 0) is 61.7 Å². The molecule has 5 nitrogen and oxygen atoms in total. The summed E-state index contributed by atoms with van der Waals surface area (Å²) in [5.41, 5.74) is 3.29. The molecular formula is C20H21N3O2. The van der Waals surface area contributed by atoms with Crippen LogP contribution in [0.25, 0.3) is 0 Å². The molecule has 128 valence electrons. The first-order valence-corrected chi connectivity index (χ1v) is 8.39. The molecule has 25 heavy (non-hydrogen) atoms. The van der Waals surface area contributed by atoms with Crippen LogP contribution in [0.5, 0.6) is 0 Å². The smallest absolute Gasteiger partial charge is 0.251 e. The van der Waals surface area contributed by atoms with Crippen LogP contribution in [0.3, 0.4) is 0 Å². The van der Waals surface area contributed by atoms with Gasteiger partial charge in [-0.25, -0.2) is 0 Å². The lowest BCUT2D eigenvalue weighted by molar-refractivity contribution is -0.114. The summed E-state index contributed by atoms with van der Waals surface area (Å²) in [7, 11) is 0. The van der Waals surface area contributed by atoms with Gasteiger partial charge in [0.1, 0.15) is 0 Å². The van der Waals surface area contributed by atoms with Gasteiger partial charge in [0.05, 0.1) is 11.7 Å². The molecule has 5 heteroatoms. The lowest BCUT2D eigenvalue weighted by Gasteiger charge is -2.29. The Bertz CT molecular complexity index is 802. The number of carbonyl (C=O) groups excluding carboxylic acids is 2. The van der Waals surface area contributed by atoms with Crippen molar-refractivity contribution in [3.8, 4) is 0 Å². The van der Waals surface area contributed by atoms with E-state index in [2.05, 4.69) is 16.9 Å². The number of hydrogen-bond donors (Lipinski definition) is 1. The van der Waals surface area contributed by atoms with Crippen molar-refractivity contribution in [3.63, 3.8) is 0 Å². The number of nitrogens with one attached hydrogen (secondary N) is 1. The van der Waals surface area contributed by atoms with Crippen LogP contribution >= 0.6 is 0 Å². The molecule has 2 aromatic rings. The highest BCUT2D eigenvalue weighted by atomic mass is 16.2. The van der Waals surface area contributed by atoms with E-state index in [9.17, 15) is 9.59 Å². The molecule has 0 saturated carbocycles. The molecule has 3 rings (SSSR count). The minimum absolute atomic E-state index is 0.109. The maximum Gasteiger partial charge on any atom is 0.251 e. The summed E-state index contributed by atoms with van der Waals surface area (Å²) in [6.07, 6.45) is 4.77. The monoisotopic (exact) mass is 335 g/mol. The molecule has 0 bridgehead atoms. The normalized spacial score (nSPS) is 14.4. The first-order valence-electron chi connectivity index (χ1n) is 8.39. The number of aryl methyl sites for hydroxylation is 1. The SMILES string of the molecule is C=CC(=O)N1CCCc2cc(C(=O)NC(C)c3ccccn3)ccc21. The van der Waals surface area contributed by atoms with Gasteiger partial charge in [-0.2, -0.15) is 0 Å². The van der Waals surface area contributed by atoms with Crippen molar-refractivity contribution in [2.24, 2.45) is 0 Å². The van der Waals surface area contributed by atoms with E-state index in [0.29, 0.717) is 12.1 Å². The summed E-state index contributed by atoms with van der Waals surface area (Å²) in [6, 6.07) is 10.9. The average Bonchev–Trinajstić information content (AvgIpc) is 2.67. The number of fused-ring (bicyclic) bond motifs is 1. The van der Waals surface area contributed by atoms with Crippen LogP contribution in [0.15, 0.2) is 55.3 Å². The molecule has 1 unspecified atom stereocenters. The zero-order valence-corrected chi connectivity index (χ0v) is 14.2. The predicted octanol–water partition coefficient (Wildman–Crippen LogP) is 3.04. The van der Waals surface area contributed by atoms with E-state index in [-0.39, 0.29) is 17.9 Å².